The Morgan fingerprint density at radius 2 is 1.57 bits per heavy atom. The number of hydrogen-bond acceptors (Lipinski definition) is 3. The van der Waals surface area contributed by atoms with Crippen LogP contribution in [-0.4, -0.2) is 15.9 Å². The fourth-order valence-corrected chi connectivity index (χ4v) is 7.69. The van der Waals surface area contributed by atoms with Gasteiger partial charge in [-0.3, -0.25) is 4.79 Å². The van der Waals surface area contributed by atoms with Crippen LogP contribution in [0.2, 0.25) is 0 Å². The van der Waals surface area contributed by atoms with Crippen molar-refractivity contribution in [3.8, 4) is 11.3 Å². The Morgan fingerprint density at radius 1 is 0.909 bits per heavy atom. The summed E-state index contributed by atoms with van der Waals surface area (Å²) in [5.74, 6) is 2.68. The summed E-state index contributed by atoms with van der Waals surface area (Å²) in [7, 11) is 0. The van der Waals surface area contributed by atoms with Gasteiger partial charge in [0.05, 0.1) is 5.76 Å². The van der Waals surface area contributed by atoms with Crippen LogP contribution in [0.25, 0.3) is 22.0 Å². The van der Waals surface area contributed by atoms with Crippen molar-refractivity contribution in [2.24, 2.45) is 17.8 Å². The van der Waals surface area contributed by atoms with E-state index in [1.165, 1.54) is 97.7 Å². The molecule has 0 spiro atoms. The molecule has 1 radical (unpaired) electrons. The molecule has 1 heterocycles. The van der Waals surface area contributed by atoms with E-state index in [2.05, 4.69) is 63.2 Å². The number of fused-ring (bicyclic) bond motifs is 1. The van der Waals surface area contributed by atoms with Gasteiger partial charge in [0.15, 0.2) is 5.78 Å². The van der Waals surface area contributed by atoms with E-state index in [4.69, 9.17) is 4.98 Å². The topological polar surface area (TPSA) is 50.2 Å². The molecule has 0 saturated heterocycles. The van der Waals surface area contributed by atoms with Crippen molar-refractivity contribution in [2.75, 3.05) is 0 Å². The number of pyridine rings is 1. The molecule has 3 aliphatic rings. The van der Waals surface area contributed by atoms with Gasteiger partial charge in [0, 0.05) is 44.2 Å². The number of nitrogens with zero attached hydrogens (tertiary/aromatic N) is 1. The molecule has 2 aromatic carbocycles. The Morgan fingerprint density at radius 3 is 2.20 bits per heavy atom. The predicted molar refractivity (Wildman–Crippen MR) is 181 cm³/mol. The summed E-state index contributed by atoms with van der Waals surface area (Å²) >= 11 is 0. The zero-order chi connectivity index (χ0) is 29.5. The maximum Gasteiger partial charge on any atom is 0.162 e. The van der Waals surface area contributed by atoms with Gasteiger partial charge in [-0.15, -0.1) is 34.9 Å². The zero-order valence-corrected chi connectivity index (χ0v) is 28.9. The number of aliphatic hydroxyl groups is 1. The van der Waals surface area contributed by atoms with Crippen molar-refractivity contribution in [3.63, 3.8) is 0 Å². The molecule has 0 bridgehead atoms. The third-order valence-electron chi connectivity index (χ3n) is 10.0. The van der Waals surface area contributed by atoms with Crippen LogP contribution >= 0.6 is 0 Å². The minimum absolute atomic E-state index is 0. The van der Waals surface area contributed by atoms with Gasteiger partial charge in [-0.05, 0) is 91.3 Å². The summed E-state index contributed by atoms with van der Waals surface area (Å²) in [6.45, 7) is 6.56. The van der Waals surface area contributed by atoms with Crippen LogP contribution in [0.3, 0.4) is 0 Å². The molecule has 3 nitrogen and oxygen atoms in total. The first-order valence-electron chi connectivity index (χ1n) is 16.7. The molecule has 1 aromatic heterocycles. The van der Waals surface area contributed by atoms with E-state index in [9.17, 15) is 9.90 Å². The first-order chi connectivity index (χ1) is 20.4. The summed E-state index contributed by atoms with van der Waals surface area (Å²) in [6.07, 6.45) is 20.6. The van der Waals surface area contributed by atoms with Crippen molar-refractivity contribution in [1.82, 2.24) is 4.98 Å². The maximum absolute atomic E-state index is 11.8. The third-order valence-corrected chi connectivity index (χ3v) is 10.0. The van der Waals surface area contributed by atoms with Crippen molar-refractivity contribution < 1.29 is 30.0 Å². The van der Waals surface area contributed by atoms with Crippen LogP contribution in [0.15, 0.2) is 54.4 Å². The van der Waals surface area contributed by atoms with Gasteiger partial charge >= 0.3 is 0 Å². The monoisotopic (exact) mass is 773 g/mol. The van der Waals surface area contributed by atoms with E-state index in [-0.39, 0.29) is 45.2 Å². The van der Waals surface area contributed by atoms with Gasteiger partial charge in [0.25, 0.3) is 0 Å². The van der Waals surface area contributed by atoms with Gasteiger partial charge in [-0.2, -0.15) is 0 Å². The molecule has 241 valence electrons. The van der Waals surface area contributed by atoms with Gasteiger partial charge in [-0.1, -0.05) is 84.9 Å². The zero-order valence-electron chi connectivity index (χ0n) is 26.5. The van der Waals surface area contributed by atoms with Crippen LogP contribution in [0, 0.1) is 37.7 Å². The molecule has 4 heteroatoms. The van der Waals surface area contributed by atoms with E-state index in [1.54, 1.807) is 0 Å². The number of aryl methyl sites for hydroxylation is 2. The molecular formula is C40H54IrNO2-. The number of aliphatic hydroxyl groups excluding tert-OH is 1. The van der Waals surface area contributed by atoms with Crippen LogP contribution < -0.4 is 0 Å². The van der Waals surface area contributed by atoms with Crippen molar-refractivity contribution >= 4 is 16.6 Å². The molecule has 1 N–H and O–H groups in total. The summed E-state index contributed by atoms with van der Waals surface area (Å²) < 4.78 is 0. The number of allylic oxidation sites excluding steroid dienone is 2. The molecule has 0 unspecified atom stereocenters. The van der Waals surface area contributed by atoms with Crippen LogP contribution in [0.5, 0.6) is 0 Å². The van der Waals surface area contributed by atoms with Crippen molar-refractivity contribution in [3.05, 3.63) is 77.2 Å². The Balaban J connectivity index is 0.000000266. The van der Waals surface area contributed by atoms with Crippen LogP contribution in [0.4, 0.5) is 0 Å². The van der Waals surface area contributed by atoms with E-state index in [0.717, 1.165) is 48.8 Å². The van der Waals surface area contributed by atoms with Gasteiger partial charge in [-0.25, -0.2) is 0 Å². The molecule has 0 amide bonds. The molecule has 3 aromatic rings. The third kappa shape index (κ3) is 9.36. The number of benzene rings is 2. The van der Waals surface area contributed by atoms with Crippen LogP contribution in [0.1, 0.15) is 127 Å². The summed E-state index contributed by atoms with van der Waals surface area (Å²) in [5.41, 5.74) is 6.10. The average Bonchev–Trinajstić information content (AvgIpc) is 3.73. The standard InChI is InChI=1S/C26H30N.C13H20O2.CH4.Ir/c1-4-5-20-6-8-21(9-7-20)22-10-11-25-23(17-22)12-13-27-26(25)24-15-18(2)14-19(3)16-24;14-12(10-5-1-2-6-10)9-13(15)11-7-3-4-8-11;;/h10-15,17,20-21H,4-9H2,1-3H3;9-11,14H,1-8H2;1H4;/q-1;;;. The average molecular weight is 773 g/mol. The second-order valence-electron chi connectivity index (χ2n) is 13.3. The summed E-state index contributed by atoms with van der Waals surface area (Å²) in [6, 6.07) is 17.1. The summed E-state index contributed by atoms with van der Waals surface area (Å²) in [5, 5.41) is 12.4. The Labute approximate surface area is 280 Å². The molecule has 3 saturated carbocycles. The number of carbonyl (C=O) groups is 1. The number of rotatable bonds is 7. The maximum atomic E-state index is 11.8. The number of ketones is 1. The molecule has 44 heavy (non-hydrogen) atoms. The van der Waals surface area contributed by atoms with Crippen molar-refractivity contribution in [1.29, 1.82) is 0 Å². The van der Waals surface area contributed by atoms with Gasteiger partial charge in [0.1, 0.15) is 0 Å². The SMILES string of the molecule is C.CCCC1CCC(c2ccc3c(-c4[c-]c(C)cc(C)c4)nccc3c2)CC1.O=C(C=C(O)C1CCCC1)C1CCCC1.[Ir]. The fraction of sp³-hybridized carbons (Fsp3) is 0.550. The predicted octanol–water partition coefficient (Wildman–Crippen LogP) is 11.4. The minimum Gasteiger partial charge on any atom is -0.512 e. The first-order valence-corrected chi connectivity index (χ1v) is 16.7. The smallest absolute Gasteiger partial charge is 0.162 e. The van der Waals surface area contributed by atoms with E-state index < -0.39 is 0 Å². The molecule has 6 rings (SSSR count). The molecule has 3 fully saturated rings. The number of carbonyl (C=O) groups excluding carboxylic acids is 1. The fourth-order valence-electron chi connectivity index (χ4n) is 7.69. The Hall–Kier alpha value is -2.29. The largest absolute Gasteiger partial charge is 0.512 e. The van der Waals surface area contributed by atoms with Gasteiger partial charge in [0.2, 0.25) is 0 Å². The van der Waals surface area contributed by atoms with E-state index >= 15 is 0 Å². The molecule has 0 atom stereocenters. The molecular weight excluding hydrogens is 719 g/mol. The number of hydrogen-bond donors (Lipinski definition) is 1. The second-order valence-corrected chi connectivity index (χ2v) is 13.3. The second kappa shape index (κ2) is 17.4. The Kier molecular flexibility index (Phi) is 14.3. The molecule has 0 aliphatic heterocycles. The van der Waals surface area contributed by atoms with E-state index in [0.29, 0.717) is 5.76 Å². The normalized spacial score (nSPS) is 20.8. The van der Waals surface area contributed by atoms with Crippen molar-refractivity contribution in [2.45, 2.75) is 124 Å². The van der Waals surface area contributed by atoms with Crippen LogP contribution in [-0.2, 0) is 24.9 Å². The Bertz CT molecular complexity index is 1360. The minimum atomic E-state index is 0. The van der Waals surface area contributed by atoms with Gasteiger partial charge < -0.3 is 10.1 Å². The quantitative estimate of drug-likeness (QED) is 0.148. The summed E-state index contributed by atoms with van der Waals surface area (Å²) in [4.78, 5) is 16.5. The number of aromatic nitrogens is 1. The van der Waals surface area contributed by atoms with E-state index in [1.807, 2.05) is 6.20 Å². The first kappa shape index (κ1) is 36.2. The molecule has 3 aliphatic carbocycles.